The first kappa shape index (κ1) is 17.7. The third-order valence-corrected chi connectivity index (χ3v) is 4.04. The fourth-order valence-electron chi connectivity index (χ4n) is 2.76. The van der Waals surface area contributed by atoms with E-state index in [1.54, 1.807) is 12.1 Å². The minimum Gasteiger partial charge on any atom is -0.320 e. The number of anilines is 1. The average Bonchev–Trinajstić information content (AvgIpc) is 3.11. The Balaban J connectivity index is 1.77. The van der Waals surface area contributed by atoms with Crippen LogP contribution in [0.25, 0.3) is 16.9 Å². The molecule has 6 nitrogen and oxygen atoms in total. The maximum absolute atomic E-state index is 13.3. The molecular formula is C19H12F3N5O. The molecule has 0 atom stereocenters. The summed E-state index contributed by atoms with van der Waals surface area (Å²) in [5.74, 6) is -0.493. The van der Waals surface area contributed by atoms with Crippen LogP contribution in [0.3, 0.4) is 0 Å². The van der Waals surface area contributed by atoms with E-state index in [9.17, 15) is 18.0 Å². The molecule has 4 aromatic rings. The Labute approximate surface area is 156 Å². The van der Waals surface area contributed by atoms with Gasteiger partial charge in [0.25, 0.3) is 5.91 Å². The molecule has 0 saturated heterocycles. The maximum atomic E-state index is 13.3. The average molecular weight is 383 g/mol. The van der Waals surface area contributed by atoms with Gasteiger partial charge in [0.15, 0.2) is 11.3 Å². The zero-order chi connectivity index (χ0) is 19.7. The molecular weight excluding hydrogens is 371 g/mol. The molecule has 0 aliphatic rings. The van der Waals surface area contributed by atoms with Crippen molar-refractivity contribution >= 4 is 17.2 Å². The summed E-state index contributed by atoms with van der Waals surface area (Å²) in [6.07, 6.45) is -0.162. The number of imidazole rings is 1. The maximum Gasteiger partial charge on any atom is 0.417 e. The molecule has 9 heteroatoms. The van der Waals surface area contributed by atoms with E-state index in [4.69, 9.17) is 0 Å². The van der Waals surface area contributed by atoms with Gasteiger partial charge in [-0.25, -0.2) is 9.50 Å². The Bertz CT molecular complexity index is 1160. The number of carbonyl (C=O) groups excluding carboxylic acids is 1. The Hall–Kier alpha value is -3.75. The summed E-state index contributed by atoms with van der Waals surface area (Å²) >= 11 is 0. The van der Waals surface area contributed by atoms with Crippen LogP contribution in [0.5, 0.6) is 0 Å². The van der Waals surface area contributed by atoms with E-state index in [1.165, 1.54) is 53.4 Å². The van der Waals surface area contributed by atoms with Crippen molar-refractivity contribution in [1.82, 2.24) is 19.6 Å². The number of hydrogen-bond donors (Lipinski definition) is 1. The molecule has 0 bridgehead atoms. The second kappa shape index (κ2) is 6.76. The summed E-state index contributed by atoms with van der Waals surface area (Å²) in [4.78, 5) is 20.5. The molecule has 0 radical (unpaired) electrons. The first-order valence-corrected chi connectivity index (χ1v) is 8.16. The first-order chi connectivity index (χ1) is 13.4. The zero-order valence-corrected chi connectivity index (χ0v) is 14.2. The molecule has 28 heavy (non-hydrogen) atoms. The minimum atomic E-state index is -4.52. The van der Waals surface area contributed by atoms with Crippen LogP contribution in [0.15, 0.2) is 67.1 Å². The lowest BCUT2D eigenvalue weighted by Crippen LogP contribution is -2.15. The van der Waals surface area contributed by atoms with Crippen LogP contribution < -0.4 is 5.32 Å². The number of nitrogens with one attached hydrogen (secondary N) is 1. The van der Waals surface area contributed by atoms with Crippen molar-refractivity contribution in [3.63, 3.8) is 0 Å². The molecule has 1 N–H and O–H groups in total. The molecule has 0 unspecified atom stereocenters. The van der Waals surface area contributed by atoms with E-state index >= 15 is 0 Å². The quantitative estimate of drug-likeness (QED) is 0.579. The Morgan fingerprint density at radius 1 is 1.00 bits per heavy atom. The Kier molecular flexibility index (Phi) is 4.26. The zero-order valence-electron chi connectivity index (χ0n) is 14.2. The van der Waals surface area contributed by atoms with Crippen LogP contribution in [-0.4, -0.2) is 25.5 Å². The molecule has 1 aromatic carbocycles. The van der Waals surface area contributed by atoms with Crippen LogP contribution in [-0.2, 0) is 6.18 Å². The fraction of sp³-hybridized carbons (Fsp3) is 0.0526. The van der Waals surface area contributed by atoms with Crippen LogP contribution in [0, 0.1) is 0 Å². The van der Waals surface area contributed by atoms with Crippen molar-refractivity contribution in [3.8, 4) is 11.3 Å². The second-order valence-electron chi connectivity index (χ2n) is 5.87. The molecule has 3 heterocycles. The second-order valence-corrected chi connectivity index (χ2v) is 5.87. The monoisotopic (exact) mass is 383 g/mol. The van der Waals surface area contributed by atoms with Crippen LogP contribution >= 0.6 is 0 Å². The number of halogens is 3. The number of alkyl halides is 3. The number of benzene rings is 1. The number of rotatable bonds is 3. The highest BCUT2D eigenvalue weighted by Crippen LogP contribution is 2.36. The van der Waals surface area contributed by atoms with Gasteiger partial charge in [0.05, 0.1) is 17.5 Å². The number of pyridine rings is 1. The number of nitrogens with zero attached hydrogens (tertiary/aromatic N) is 4. The first-order valence-electron chi connectivity index (χ1n) is 8.16. The molecule has 1 amide bonds. The van der Waals surface area contributed by atoms with Gasteiger partial charge in [-0.2, -0.15) is 18.3 Å². The van der Waals surface area contributed by atoms with Gasteiger partial charge in [0.2, 0.25) is 0 Å². The SMILES string of the molecule is O=C(Nc1ccncc1)c1cnc2ccc(-c3ccccc3C(F)(F)F)nn12. The fourth-order valence-corrected chi connectivity index (χ4v) is 2.76. The van der Waals surface area contributed by atoms with Crippen molar-refractivity contribution in [3.05, 3.63) is 78.4 Å². The lowest BCUT2D eigenvalue weighted by atomic mass is 10.0. The minimum absolute atomic E-state index is 0.0777. The van der Waals surface area contributed by atoms with Gasteiger partial charge in [-0.3, -0.25) is 9.78 Å². The normalized spacial score (nSPS) is 11.5. The number of fused-ring (bicyclic) bond motifs is 1. The number of hydrogen-bond acceptors (Lipinski definition) is 4. The van der Waals surface area contributed by atoms with Crippen molar-refractivity contribution in [1.29, 1.82) is 0 Å². The Morgan fingerprint density at radius 3 is 2.50 bits per heavy atom. The van der Waals surface area contributed by atoms with E-state index in [2.05, 4.69) is 20.4 Å². The predicted molar refractivity (Wildman–Crippen MR) is 95.6 cm³/mol. The van der Waals surface area contributed by atoms with Crippen molar-refractivity contribution in [2.24, 2.45) is 0 Å². The number of amides is 1. The number of aromatic nitrogens is 4. The highest BCUT2D eigenvalue weighted by Gasteiger charge is 2.33. The van der Waals surface area contributed by atoms with Gasteiger partial charge >= 0.3 is 6.18 Å². The topological polar surface area (TPSA) is 72.2 Å². The van der Waals surface area contributed by atoms with Crippen LogP contribution in [0.1, 0.15) is 16.1 Å². The summed E-state index contributed by atoms with van der Waals surface area (Å²) in [5.41, 5.74) is 0.159. The Morgan fingerprint density at radius 2 is 1.75 bits per heavy atom. The van der Waals surface area contributed by atoms with Gasteiger partial charge < -0.3 is 5.32 Å². The predicted octanol–water partition coefficient (Wildman–Crippen LogP) is 4.06. The summed E-state index contributed by atoms with van der Waals surface area (Å²) in [6.45, 7) is 0. The molecule has 0 aliphatic heterocycles. The van der Waals surface area contributed by atoms with Crippen molar-refractivity contribution < 1.29 is 18.0 Å². The van der Waals surface area contributed by atoms with E-state index in [1.807, 2.05) is 0 Å². The van der Waals surface area contributed by atoms with Gasteiger partial charge in [0.1, 0.15) is 0 Å². The highest BCUT2D eigenvalue weighted by atomic mass is 19.4. The van der Waals surface area contributed by atoms with Gasteiger partial charge in [-0.15, -0.1) is 0 Å². The van der Waals surface area contributed by atoms with Crippen molar-refractivity contribution in [2.75, 3.05) is 5.32 Å². The number of carbonyl (C=O) groups is 1. The van der Waals surface area contributed by atoms with Gasteiger partial charge in [0, 0.05) is 23.6 Å². The van der Waals surface area contributed by atoms with Crippen LogP contribution in [0.2, 0.25) is 0 Å². The molecule has 140 valence electrons. The molecule has 0 fully saturated rings. The third-order valence-electron chi connectivity index (χ3n) is 4.04. The third kappa shape index (κ3) is 3.29. The smallest absolute Gasteiger partial charge is 0.320 e. The van der Waals surface area contributed by atoms with Crippen LogP contribution in [0.4, 0.5) is 18.9 Å². The standard InChI is InChI=1S/C19H12F3N5O/c20-19(21,22)14-4-2-1-3-13(14)15-5-6-17-24-11-16(27(17)26-15)18(28)25-12-7-9-23-10-8-12/h1-11H,(H,23,25,28). The van der Waals surface area contributed by atoms with Gasteiger partial charge in [-0.05, 0) is 30.3 Å². The highest BCUT2D eigenvalue weighted by molar-refractivity contribution is 6.03. The summed E-state index contributed by atoms with van der Waals surface area (Å²) in [7, 11) is 0. The van der Waals surface area contributed by atoms with Crippen molar-refractivity contribution in [2.45, 2.75) is 6.18 Å². The lowest BCUT2D eigenvalue weighted by molar-refractivity contribution is -0.137. The van der Waals surface area contributed by atoms with Gasteiger partial charge in [-0.1, -0.05) is 18.2 Å². The van der Waals surface area contributed by atoms with E-state index < -0.39 is 17.6 Å². The largest absolute Gasteiger partial charge is 0.417 e. The molecule has 4 rings (SSSR count). The molecule has 0 saturated carbocycles. The molecule has 3 aromatic heterocycles. The summed E-state index contributed by atoms with van der Waals surface area (Å²) in [6, 6.07) is 11.3. The summed E-state index contributed by atoms with van der Waals surface area (Å²) < 4.78 is 41.2. The molecule has 0 spiro atoms. The van der Waals surface area contributed by atoms with E-state index in [-0.39, 0.29) is 17.0 Å². The van der Waals surface area contributed by atoms with E-state index in [0.29, 0.717) is 11.3 Å². The summed E-state index contributed by atoms with van der Waals surface area (Å²) in [5, 5.41) is 6.89. The van der Waals surface area contributed by atoms with E-state index in [0.717, 1.165) is 6.07 Å². The lowest BCUT2D eigenvalue weighted by Gasteiger charge is -2.12. The molecule has 0 aliphatic carbocycles.